The molecule has 5 nitrogen and oxygen atoms in total. The fourth-order valence-electron chi connectivity index (χ4n) is 3.26. The van der Waals surface area contributed by atoms with Crippen molar-refractivity contribution in [1.82, 2.24) is 15.3 Å². The van der Waals surface area contributed by atoms with E-state index < -0.39 is 0 Å². The number of hydrogen-bond donors (Lipinski definition) is 1. The molecule has 156 valence electrons. The van der Waals surface area contributed by atoms with E-state index in [1.54, 1.807) is 7.11 Å². The second kappa shape index (κ2) is 10.1. The third-order valence-corrected chi connectivity index (χ3v) is 5.84. The van der Waals surface area contributed by atoms with Crippen molar-refractivity contribution in [3.05, 3.63) is 95.7 Å². The molecule has 1 aromatic heterocycles. The SMILES string of the molecule is COc1ccccc1Cc1nc2ccccc2nc1SCC(=O)NCc1ccccc1. The van der Waals surface area contributed by atoms with E-state index in [0.717, 1.165) is 38.6 Å². The lowest BCUT2D eigenvalue weighted by Crippen LogP contribution is -2.24. The number of carbonyl (C=O) groups excluding carboxylic acids is 1. The van der Waals surface area contributed by atoms with Gasteiger partial charge >= 0.3 is 0 Å². The van der Waals surface area contributed by atoms with Gasteiger partial charge < -0.3 is 10.1 Å². The third kappa shape index (κ3) is 5.41. The molecule has 0 atom stereocenters. The van der Waals surface area contributed by atoms with Gasteiger partial charge in [0.15, 0.2) is 0 Å². The first-order valence-corrected chi connectivity index (χ1v) is 11.0. The van der Waals surface area contributed by atoms with E-state index in [2.05, 4.69) is 5.32 Å². The molecule has 0 unspecified atom stereocenters. The number of methoxy groups -OCH3 is 1. The van der Waals surface area contributed by atoms with Gasteiger partial charge in [0.25, 0.3) is 0 Å². The highest BCUT2D eigenvalue weighted by Gasteiger charge is 2.14. The average molecular weight is 430 g/mol. The number of benzene rings is 3. The fraction of sp³-hybridized carbons (Fsp3) is 0.160. The van der Waals surface area contributed by atoms with E-state index in [0.29, 0.717) is 13.0 Å². The molecular formula is C25H23N3O2S. The molecule has 0 bridgehead atoms. The van der Waals surface area contributed by atoms with Gasteiger partial charge in [0.1, 0.15) is 10.8 Å². The summed E-state index contributed by atoms with van der Waals surface area (Å²) in [6, 6.07) is 25.6. The monoisotopic (exact) mass is 429 g/mol. The smallest absolute Gasteiger partial charge is 0.230 e. The maximum absolute atomic E-state index is 12.4. The number of thioether (sulfide) groups is 1. The Hall–Kier alpha value is -3.38. The van der Waals surface area contributed by atoms with Crippen molar-refractivity contribution >= 4 is 28.7 Å². The standard InChI is InChI=1S/C25H23N3O2S/c1-30-23-14-8-5-11-19(23)15-22-25(28-21-13-7-6-12-20(21)27-22)31-17-24(29)26-16-18-9-3-2-4-10-18/h2-14H,15-17H2,1H3,(H,26,29). The van der Waals surface area contributed by atoms with Gasteiger partial charge in [0, 0.05) is 18.5 Å². The van der Waals surface area contributed by atoms with Crippen molar-refractivity contribution in [3.8, 4) is 5.75 Å². The number of amides is 1. The van der Waals surface area contributed by atoms with Gasteiger partial charge in [-0.15, -0.1) is 0 Å². The molecule has 0 saturated carbocycles. The quantitative estimate of drug-likeness (QED) is 0.414. The second-order valence-corrected chi connectivity index (χ2v) is 7.97. The van der Waals surface area contributed by atoms with Crippen molar-refractivity contribution in [2.75, 3.05) is 12.9 Å². The Balaban J connectivity index is 1.52. The number of fused-ring (bicyclic) bond motifs is 1. The Morgan fingerprint density at radius 1 is 0.903 bits per heavy atom. The molecule has 1 amide bonds. The number of hydrogen-bond acceptors (Lipinski definition) is 5. The van der Waals surface area contributed by atoms with Crippen LogP contribution in [0.2, 0.25) is 0 Å². The van der Waals surface area contributed by atoms with Crippen LogP contribution in [0.1, 0.15) is 16.8 Å². The summed E-state index contributed by atoms with van der Waals surface area (Å²) in [7, 11) is 1.66. The van der Waals surface area contributed by atoms with Crippen LogP contribution in [-0.4, -0.2) is 28.7 Å². The lowest BCUT2D eigenvalue weighted by atomic mass is 10.1. The molecule has 0 fully saturated rings. The van der Waals surface area contributed by atoms with Gasteiger partial charge in [0.05, 0.1) is 29.6 Å². The molecular weight excluding hydrogens is 406 g/mol. The van der Waals surface area contributed by atoms with E-state index in [-0.39, 0.29) is 11.7 Å². The molecule has 31 heavy (non-hydrogen) atoms. The zero-order valence-corrected chi connectivity index (χ0v) is 18.1. The number of ether oxygens (including phenoxy) is 1. The molecule has 3 aromatic carbocycles. The van der Waals surface area contributed by atoms with Crippen LogP contribution in [0.3, 0.4) is 0 Å². The molecule has 0 aliphatic carbocycles. The first-order valence-electron chi connectivity index (χ1n) is 10.0. The second-order valence-electron chi connectivity index (χ2n) is 7.00. The average Bonchev–Trinajstić information content (AvgIpc) is 2.82. The number of aromatic nitrogens is 2. The molecule has 4 aromatic rings. The van der Waals surface area contributed by atoms with Crippen LogP contribution in [0.25, 0.3) is 11.0 Å². The first-order chi connectivity index (χ1) is 15.2. The fourth-order valence-corrected chi connectivity index (χ4v) is 4.08. The minimum absolute atomic E-state index is 0.0351. The van der Waals surface area contributed by atoms with Crippen LogP contribution in [0.5, 0.6) is 5.75 Å². The van der Waals surface area contributed by atoms with Crippen LogP contribution in [-0.2, 0) is 17.8 Å². The molecule has 1 heterocycles. The summed E-state index contributed by atoms with van der Waals surface area (Å²) in [4.78, 5) is 22.1. The first kappa shape index (κ1) is 20.9. The van der Waals surface area contributed by atoms with E-state index in [9.17, 15) is 4.79 Å². The van der Waals surface area contributed by atoms with Crippen molar-refractivity contribution in [1.29, 1.82) is 0 Å². The maximum atomic E-state index is 12.4. The highest BCUT2D eigenvalue weighted by Crippen LogP contribution is 2.27. The van der Waals surface area contributed by atoms with Gasteiger partial charge in [-0.05, 0) is 23.8 Å². The summed E-state index contributed by atoms with van der Waals surface area (Å²) in [5.41, 5.74) is 4.60. The molecule has 0 saturated heterocycles. The predicted molar refractivity (Wildman–Crippen MR) is 124 cm³/mol. The number of rotatable bonds is 8. The van der Waals surface area contributed by atoms with Crippen molar-refractivity contribution < 1.29 is 9.53 Å². The molecule has 6 heteroatoms. The van der Waals surface area contributed by atoms with E-state index in [1.165, 1.54) is 11.8 Å². The molecule has 4 rings (SSSR count). The van der Waals surface area contributed by atoms with Gasteiger partial charge in [-0.25, -0.2) is 9.97 Å². The summed E-state index contributed by atoms with van der Waals surface area (Å²) >= 11 is 1.41. The van der Waals surface area contributed by atoms with Crippen LogP contribution in [0.15, 0.2) is 83.9 Å². The zero-order chi connectivity index (χ0) is 21.5. The van der Waals surface area contributed by atoms with Gasteiger partial charge in [-0.1, -0.05) is 72.4 Å². The summed E-state index contributed by atoms with van der Waals surface area (Å²) in [6.07, 6.45) is 0.579. The normalized spacial score (nSPS) is 10.7. The summed E-state index contributed by atoms with van der Waals surface area (Å²) < 4.78 is 5.50. The van der Waals surface area contributed by atoms with E-state index in [1.807, 2.05) is 78.9 Å². The lowest BCUT2D eigenvalue weighted by molar-refractivity contribution is -0.118. The van der Waals surface area contributed by atoms with Gasteiger partial charge in [0.2, 0.25) is 5.91 Å². The Morgan fingerprint density at radius 3 is 2.35 bits per heavy atom. The Labute approximate surface area is 185 Å². The van der Waals surface area contributed by atoms with Crippen LogP contribution < -0.4 is 10.1 Å². The summed E-state index contributed by atoms with van der Waals surface area (Å²) in [6.45, 7) is 0.512. The molecule has 0 radical (unpaired) electrons. The van der Waals surface area contributed by atoms with Crippen molar-refractivity contribution in [2.24, 2.45) is 0 Å². The third-order valence-electron chi connectivity index (χ3n) is 4.83. The summed E-state index contributed by atoms with van der Waals surface area (Å²) in [5, 5.41) is 3.73. The Morgan fingerprint density at radius 2 is 1.58 bits per heavy atom. The van der Waals surface area contributed by atoms with E-state index in [4.69, 9.17) is 14.7 Å². The van der Waals surface area contributed by atoms with E-state index >= 15 is 0 Å². The predicted octanol–water partition coefficient (Wildman–Crippen LogP) is 4.64. The topological polar surface area (TPSA) is 64.1 Å². The van der Waals surface area contributed by atoms with Gasteiger partial charge in [-0.3, -0.25) is 4.79 Å². The molecule has 1 N–H and O–H groups in total. The number of nitrogens with one attached hydrogen (secondary N) is 1. The van der Waals surface area contributed by atoms with Crippen LogP contribution in [0.4, 0.5) is 0 Å². The Bertz CT molecular complexity index is 1180. The maximum Gasteiger partial charge on any atom is 0.230 e. The van der Waals surface area contributed by atoms with Crippen molar-refractivity contribution in [3.63, 3.8) is 0 Å². The number of carbonyl (C=O) groups is 1. The molecule has 0 aliphatic rings. The lowest BCUT2D eigenvalue weighted by Gasteiger charge is -2.12. The molecule has 0 spiro atoms. The largest absolute Gasteiger partial charge is 0.496 e. The number of para-hydroxylation sites is 3. The van der Waals surface area contributed by atoms with Gasteiger partial charge in [-0.2, -0.15) is 0 Å². The highest BCUT2D eigenvalue weighted by atomic mass is 32.2. The summed E-state index contributed by atoms with van der Waals surface area (Å²) in [5.74, 6) is 1.06. The van der Waals surface area contributed by atoms with Crippen LogP contribution >= 0.6 is 11.8 Å². The van der Waals surface area contributed by atoms with Crippen molar-refractivity contribution in [2.45, 2.75) is 18.0 Å². The number of nitrogens with zero attached hydrogens (tertiary/aromatic N) is 2. The van der Waals surface area contributed by atoms with Crippen LogP contribution in [0, 0.1) is 0 Å². The highest BCUT2D eigenvalue weighted by molar-refractivity contribution is 7.99. The minimum Gasteiger partial charge on any atom is -0.496 e. The minimum atomic E-state index is -0.0351. The Kier molecular flexibility index (Phi) is 6.79. The molecule has 0 aliphatic heterocycles. The zero-order valence-electron chi connectivity index (χ0n) is 17.2.